The van der Waals surface area contributed by atoms with Gasteiger partial charge in [0.05, 0.1) is 17.9 Å². The standard InChI is InChI=1S/C44H70N2O7/c1-27(2)36-29(47)24-44(32(48)26-45-21-11-23-46-22-10-12-34(46)49)20-19-42(8)28(37(36)44)13-14-31-41(7)17-16-33(53-35(50)25-39(3,4)38(51)52)40(5,6)30(41)15-18-43(31,42)9/h27-28,30-33,45,48H,10-26H2,1-9H3,(H,51,52)/t28-,30+,31-,32-,33+,41+,42-,43-,44?/m1/s1. The summed E-state index contributed by atoms with van der Waals surface area (Å²) < 4.78 is 6.16. The molecule has 3 N–H and O–H groups in total. The molecule has 6 aliphatic rings. The minimum absolute atomic E-state index is 0.0151. The zero-order valence-corrected chi connectivity index (χ0v) is 34.4. The minimum Gasteiger partial charge on any atom is -0.481 e. The van der Waals surface area contributed by atoms with Crippen LogP contribution in [-0.2, 0) is 23.9 Å². The molecule has 0 radical (unpaired) electrons. The molecule has 0 spiro atoms. The second-order valence-corrected chi connectivity index (χ2v) is 20.6. The van der Waals surface area contributed by atoms with Crippen LogP contribution in [-0.4, -0.2) is 77.1 Å². The summed E-state index contributed by atoms with van der Waals surface area (Å²) in [5, 5.41) is 25.3. The number of carbonyl (C=O) groups is 4. The van der Waals surface area contributed by atoms with Gasteiger partial charge in [-0.3, -0.25) is 19.2 Å². The molecule has 5 fully saturated rings. The maximum atomic E-state index is 14.0. The largest absolute Gasteiger partial charge is 0.481 e. The first-order chi connectivity index (χ1) is 24.7. The Hall–Kier alpha value is -2.26. The summed E-state index contributed by atoms with van der Waals surface area (Å²) in [6, 6.07) is 0. The predicted molar refractivity (Wildman–Crippen MR) is 205 cm³/mol. The van der Waals surface area contributed by atoms with Crippen molar-refractivity contribution >= 4 is 23.6 Å². The number of aliphatic hydroxyl groups excluding tert-OH is 1. The van der Waals surface area contributed by atoms with Crippen molar-refractivity contribution in [2.24, 2.45) is 56.2 Å². The minimum atomic E-state index is -1.17. The molecule has 1 amide bonds. The SMILES string of the molecule is CC(C)C1=C2[C@H]3CC[C@@H]4[C@@]5(C)CC[C@H](OC(=O)CC(C)(C)C(=O)O)C(C)(C)[C@@H]5CC[C@@]4(C)[C@]3(C)CCC2([C@H](O)CNCCCN2CCCC2=O)CC1=O. The highest BCUT2D eigenvalue weighted by atomic mass is 16.5. The molecular formula is C44H70N2O7. The number of amides is 1. The van der Waals surface area contributed by atoms with Crippen LogP contribution in [0.15, 0.2) is 11.1 Å². The maximum absolute atomic E-state index is 14.0. The van der Waals surface area contributed by atoms with Gasteiger partial charge in [-0.25, -0.2) is 0 Å². The third kappa shape index (κ3) is 6.43. The fourth-order valence-corrected chi connectivity index (χ4v) is 13.7. The molecule has 0 aromatic rings. The number of aliphatic carboxylic acids is 1. The van der Waals surface area contributed by atoms with E-state index >= 15 is 0 Å². The highest BCUT2D eigenvalue weighted by Crippen LogP contribution is 2.77. The molecular weight excluding hydrogens is 668 g/mol. The van der Waals surface area contributed by atoms with Gasteiger partial charge in [0.2, 0.25) is 5.91 Å². The zero-order chi connectivity index (χ0) is 38.9. The zero-order valence-electron chi connectivity index (χ0n) is 34.4. The average Bonchev–Trinajstić information content (AvgIpc) is 3.61. The van der Waals surface area contributed by atoms with Crippen LogP contribution >= 0.6 is 0 Å². The first kappa shape index (κ1) is 40.4. The molecule has 9 nitrogen and oxygen atoms in total. The highest BCUT2D eigenvalue weighted by molar-refractivity contribution is 6.00. The average molecular weight is 739 g/mol. The van der Waals surface area contributed by atoms with Gasteiger partial charge in [0, 0.05) is 43.3 Å². The number of carbonyl (C=O) groups excluding carboxylic acids is 3. The Morgan fingerprint density at radius 1 is 0.962 bits per heavy atom. The van der Waals surface area contributed by atoms with Gasteiger partial charge in [0.1, 0.15) is 6.10 Å². The third-order valence-electron chi connectivity index (χ3n) is 16.8. The number of rotatable bonds is 12. The van der Waals surface area contributed by atoms with E-state index in [0.29, 0.717) is 31.2 Å². The molecule has 0 aromatic carbocycles. The Morgan fingerprint density at radius 3 is 2.32 bits per heavy atom. The number of esters is 1. The molecule has 1 saturated heterocycles. The summed E-state index contributed by atoms with van der Waals surface area (Å²) in [7, 11) is 0. The molecule has 298 valence electrons. The Bertz CT molecular complexity index is 1520. The summed E-state index contributed by atoms with van der Waals surface area (Å²) >= 11 is 0. The van der Waals surface area contributed by atoms with Gasteiger partial charge in [-0.1, -0.05) is 54.0 Å². The molecule has 1 unspecified atom stereocenters. The second kappa shape index (κ2) is 14.0. The topological polar surface area (TPSA) is 133 Å². The number of likely N-dealkylation sites (tertiary alicyclic amines) is 1. The van der Waals surface area contributed by atoms with Crippen LogP contribution in [0.4, 0.5) is 0 Å². The lowest BCUT2D eigenvalue weighted by molar-refractivity contribution is -0.235. The van der Waals surface area contributed by atoms with E-state index in [1.807, 2.05) is 4.90 Å². The molecule has 6 rings (SSSR count). The van der Waals surface area contributed by atoms with Crippen molar-refractivity contribution in [1.82, 2.24) is 10.2 Å². The maximum Gasteiger partial charge on any atom is 0.309 e. The lowest BCUT2D eigenvalue weighted by Crippen LogP contribution is -2.66. The van der Waals surface area contributed by atoms with E-state index in [2.05, 4.69) is 53.8 Å². The molecule has 1 heterocycles. The van der Waals surface area contributed by atoms with Crippen molar-refractivity contribution in [3.05, 3.63) is 11.1 Å². The molecule has 0 aromatic heterocycles. The molecule has 0 bridgehead atoms. The Balaban J connectivity index is 1.21. The van der Waals surface area contributed by atoms with E-state index in [1.54, 1.807) is 13.8 Å². The Labute approximate surface area is 318 Å². The number of hydrogen-bond donors (Lipinski definition) is 3. The number of carboxylic acid groups (broad SMARTS) is 1. The summed E-state index contributed by atoms with van der Waals surface area (Å²) in [6.45, 7) is 22.4. The summed E-state index contributed by atoms with van der Waals surface area (Å²) in [6.07, 6.45) is 9.62. The number of Topliss-reactive ketones (excluding diaryl/α,β-unsaturated/α-hetero) is 1. The van der Waals surface area contributed by atoms with Crippen LogP contribution in [0.5, 0.6) is 0 Å². The lowest BCUT2D eigenvalue weighted by atomic mass is 9.33. The number of carboxylic acids is 1. The van der Waals surface area contributed by atoms with Gasteiger partial charge in [-0.05, 0) is 130 Å². The summed E-state index contributed by atoms with van der Waals surface area (Å²) in [5.41, 5.74) is 0.435. The van der Waals surface area contributed by atoms with Gasteiger partial charge in [-0.15, -0.1) is 0 Å². The fourth-order valence-electron chi connectivity index (χ4n) is 13.7. The van der Waals surface area contributed by atoms with Crippen LogP contribution < -0.4 is 5.32 Å². The number of ether oxygens (including phenoxy) is 1. The van der Waals surface area contributed by atoms with Crippen molar-refractivity contribution in [2.45, 2.75) is 158 Å². The van der Waals surface area contributed by atoms with E-state index in [9.17, 15) is 29.4 Å². The van der Waals surface area contributed by atoms with E-state index in [4.69, 9.17) is 4.74 Å². The fraction of sp³-hybridized carbons (Fsp3) is 0.864. The molecule has 4 saturated carbocycles. The predicted octanol–water partition coefficient (Wildman–Crippen LogP) is 7.34. The quantitative estimate of drug-likeness (QED) is 0.140. The van der Waals surface area contributed by atoms with Crippen LogP contribution in [0, 0.1) is 56.2 Å². The molecule has 9 heteroatoms. The van der Waals surface area contributed by atoms with Crippen molar-refractivity contribution in [3.63, 3.8) is 0 Å². The number of fused-ring (bicyclic) bond motifs is 7. The normalized spacial score (nSPS) is 38.7. The monoisotopic (exact) mass is 739 g/mol. The van der Waals surface area contributed by atoms with Gasteiger partial charge in [0.25, 0.3) is 0 Å². The third-order valence-corrected chi connectivity index (χ3v) is 16.8. The smallest absolute Gasteiger partial charge is 0.309 e. The van der Waals surface area contributed by atoms with Crippen molar-refractivity contribution in [3.8, 4) is 0 Å². The lowest BCUT2D eigenvalue weighted by Gasteiger charge is -2.72. The van der Waals surface area contributed by atoms with Crippen LogP contribution in [0.25, 0.3) is 0 Å². The van der Waals surface area contributed by atoms with Crippen LogP contribution in [0.3, 0.4) is 0 Å². The Kier molecular flexibility index (Phi) is 10.7. The first-order valence-corrected chi connectivity index (χ1v) is 21.0. The number of nitrogens with one attached hydrogen (secondary N) is 1. The second-order valence-electron chi connectivity index (χ2n) is 20.6. The van der Waals surface area contributed by atoms with E-state index in [1.165, 1.54) is 5.57 Å². The molecule has 9 atom stereocenters. The highest BCUT2D eigenvalue weighted by Gasteiger charge is 2.70. The number of nitrogens with zero attached hydrogens (tertiary/aromatic N) is 1. The number of hydrogen-bond acceptors (Lipinski definition) is 7. The van der Waals surface area contributed by atoms with Crippen molar-refractivity contribution < 1.29 is 34.1 Å². The Morgan fingerprint density at radius 2 is 1.68 bits per heavy atom. The molecule has 53 heavy (non-hydrogen) atoms. The van der Waals surface area contributed by atoms with Gasteiger partial charge in [-0.2, -0.15) is 0 Å². The van der Waals surface area contributed by atoms with Gasteiger partial charge in [0.15, 0.2) is 5.78 Å². The van der Waals surface area contributed by atoms with Gasteiger partial charge < -0.3 is 25.2 Å². The van der Waals surface area contributed by atoms with E-state index in [-0.39, 0.29) is 57.7 Å². The van der Waals surface area contributed by atoms with Crippen molar-refractivity contribution in [1.29, 1.82) is 0 Å². The van der Waals surface area contributed by atoms with Crippen LogP contribution in [0.1, 0.15) is 146 Å². The van der Waals surface area contributed by atoms with E-state index in [0.717, 1.165) is 89.4 Å². The first-order valence-electron chi connectivity index (χ1n) is 21.0. The van der Waals surface area contributed by atoms with Crippen molar-refractivity contribution in [2.75, 3.05) is 26.2 Å². The number of allylic oxidation sites excluding steroid dienone is 1. The van der Waals surface area contributed by atoms with E-state index < -0.39 is 28.9 Å². The van der Waals surface area contributed by atoms with Gasteiger partial charge >= 0.3 is 11.9 Å². The molecule has 1 aliphatic heterocycles. The van der Waals surface area contributed by atoms with Crippen LogP contribution in [0.2, 0.25) is 0 Å². The molecule has 5 aliphatic carbocycles. The summed E-state index contributed by atoms with van der Waals surface area (Å²) in [5.74, 6) is 0.275. The number of aliphatic hydroxyl groups is 1. The number of ketones is 1. The summed E-state index contributed by atoms with van der Waals surface area (Å²) in [4.78, 5) is 52.9.